The Morgan fingerprint density at radius 3 is 2.74 bits per heavy atom. The average molecular weight is 340 g/mol. The summed E-state index contributed by atoms with van der Waals surface area (Å²) in [6.07, 6.45) is 0. The van der Waals surface area contributed by atoms with Crippen LogP contribution in [0.2, 0.25) is 0 Å². The molecule has 23 heavy (non-hydrogen) atoms. The van der Waals surface area contributed by atoms with Crippen molar-refractivity contribution in [2.24, 2.45) is 0 Å². The van der Waals surface area contributed by atoms with Crippen LogP contribution in [0.25, 0.3) is 0 Å². The molecule has 0 aliphatic carbocycles. The Balaban J connectivity index is 1.85. The summed E-state index contributed by atoms with van der Waals surface area (Å²) in [5.74, 6) is 0.0848. The van der Waals surface area contributed by atoms with Crippen molar-refractivity contribution in [2.45, 2.75) is 32.6 Å². The highest BCUT2D eigenvalue weighted by atomic mass is 32.2. The van der Waals surface area contributed by atoms with E-state index in [1.54, 1.807) is 6.92 Å². The molecule has 1 aromatic carbocycles. The molecule has 4 nitrogen and oxygen atoms in total. The van der Waals surface area contributed by atoms with Crippen molar-refractivity contribution >= 4 is 17.7 Å². The summed E-state index contributed by atoms with van der Waals surface area (Å²) in [5, 5.41) is 6.56. The third-order valence-corrected chi connectivity index (χ3v) is 4.43. The second kappa shape index (κ2) is 7.59. The number of nitrogens with zero attached hydrogens (tertiary/aromatic N) is 1. The molecule has 1 atom stereocenters. The monoisotopic (exact) mass is 340 g/mol. The zero-order chi connectivity index (χ0) is 17.0. The molecular weight excluding hydrogens is 322 g/mol. The number of carbonyl (C=O) groups excluding carboxylic acids is 1. The Morgan fingerprint density at radius 1 is 1.39 bits per heavy atom. The van der Waals surface area contributed by atoms with Crippen molar-refractivity contribution in [3.05, 3.63) is 52.4 Å². The van der Waals surface area contributed by atoms with Gasteiger partial charge in [0.1, 0.15) is 17.4 Å². The van der Waals surface area contributed by atoms with E-state index in [1.165, 1.54) is 23.9 Å². The largest absolute Gasteiger partial charge is 0.361 e. The normalized spacial score (nSPS) is 12.2. The van der Waals surface area contributed by atoms with Crippen molar-refractivity contribution in [1.29, 1.82) is 0 Å². The van der Waals surface area contributed by atoms with Crippen molar-refractivity contribution < 1.29 is 18.1 Å². The van der Waals surface area contributed by atoms with Crippen LogP contribution in [0.3, 0.4) is 0 Å². The second-order valence-corrected chi connectivity index (χ2v) is 6.24. The number of aromatic nitrogens is 1. The maximum Gasteiger partial charge on any atom is 0.230 e. The van der Waals surface area contributed by atoms with E-state index < -0.39 is 17.7 Å². The Hall–Kier alpha value is -1.89. The first-order valence-corrected chi connectivity index (χ1v) is 8.27. The zero-order valence-corrected chi connectivity index (χ0v) is 14.0. The van der Waals surface area contributed by atoms with Crippen molar-refractivity contribution in [1.82, 2.24) is 10.5 Å². The molecule has 1 aromatic heterocycles. The molecule has 0 saturated heterocycles. The van der Waals surface area contributed by atoms with Gasteiger partial charge < -0.3 is 9.84 Å². The number of rotatable bonds is 6. The minimum atomic E-state index is -0.666. The molecule has 0 bridgehead atoms. The maximum absolute atomic E-state index is 13.7. The fraction of sp³-hybridized carbons (Fsp3) is 0.375. The van der Waals surface area contributed by atoms with Gasteiger partial charge in [-0.15, -0.1) is 11.8 Å². The summed E-state index contributed by atoms with van der Waals surface area (Å²) < 4.78 is 31.6. The van der Waals surface area contributed by atoms with Crippen molar-refractivity contribution in [3.63, 3.8) is 0 Å². The molecule has 0 aliphatic heterocycles. The molecule has 124 valence electrons. The van der Waals surface area contributed by atoms with Gasteiger partial charge in [0, 0.05) is 22.9 Å². The number of carbonyl (C=O) groups is 1. The summed E-state index contributed by atoms with van der Waals surface area (Å²) in [6.45, 7) is 5.34. The third kappa shape index (κ3) is 4.54. The second-order valence-electron chi connectivity index (χ2n) is 5.25. The van der Waals surface area contributed by atoms with E-state index in [9.17, 15) is 13.6 Å². The predicted octanol–water partition coefficient (Wildman–Crippen LogP) is 3.68. The highest BCUT2D eigenvalue weighted by Crippen LogP contribution is 2.20. The molecule has 1 heterocycles. The first-order chi connectivity index (χ1) is 10.9. The summed E-state index contributed by atoms with van der Waals surface area (Å²) in [4.78, 5) is 11.9. The van der Waals surface area contributed by atoms with E-state index in [1.807, 2.05) is 13.8 Å². The maximum atomic E-state index is 13.7. The molecule has 1 amide bonds. The molecular formula is C16H18F2N2O2S. The van der Waals surface area contributed by atoms with Gasteiger partial charge in [-0.2, -0.15) is 0 Å². The number of hydrogen-bond donors (Lipinski definition) is 1. The standard InChI is InChI=1S/C16H18F2N2O2S/c1-9(13-5-4-12(17)6-15(13)18)19-16(21)8-23-7-14-10(2)20-22-11(14)3/h4-6,9H,7-8H2,1-3H3,(H,19,21). The lowest BCUT2D eigenvalue weighted by molar-refractivity contribution is -0.119. The summed E-state index contributed by atoms with van der Waals surface area (Å²) in [6, 6.07) is 2.80. The zero-order valence-electron chi connectivity index (χ0n) is 13.2. The molecule has 1 N–H and O–H groups in total. The molecule has 0 spiro atoms. The number of nitrogens with one attached hydrogen (secondary N) is 1. The minimum Gasteiger partial charge on any atom is -0.361 e. The SMILES string of the molecule is Cc1noc(C)c1CSCC(=O)NC(C)c1ccc(F)cc1F. The first kappa shape index (κ1) is 17.5. The van der Waals surface area contributed by atoms with E-state index in [2.05, 4.69) is 10.5 Å². The highest BCUT2D eigenvalue weighted by molar-refractivity contribution is 7.99. The van der Waals surface area contributed by atoms with Gasteiger partial charge in [-0.05, 0) is 26.8 Å². The fourth-order valence-electron chi connectivity index (χ4n) is 2.17. The van der Waals surface area contributed by atoms with Crippen LogP contribution in [0.4, 0.5) is 8.78 Å². The topological polar surface area (TPSA) is 55.1 Å². The molecule has 0 radical (unpaired) electrons. The van der Waals surface area contributed by atoms with Gasteiger partial charge in [0.15, 0.2) is 0 Å². The van der Waals surface area contributed by atoms with Crippen LogP contribution >= 0.6 is 11.8 Å². The summed E-state index contributed by atoms with van der Waals surface area (Å²) >= 11 is 1.43. The Bertz CT molecular complexity index is 684. The number of thioether (sulfide) groups is 1. The van der Waals surface area contributed by atoms with Gasteiger partial charge >= 0.3 is 0 Å². The van der Waals surface area contributed by atoms with Gasteiger partial charge in [0.2, 0.25) is 5.91 Å². The van der Waals surface area contributed by atoms with E-state index >= 15 is 0 Å². The van der Waals surface area contributed by atoms with Crippen LogP contribution in [-0.2, 0) is 10.5 Å². The predicted molar refractivity (Wildman–Crippen MR) is 85.1 cm³/mol. The first-order valence-electron chi connectivity index (χ1n) is 7.12. The molecule has 2 aromatic rings. The van der Waals surface area contributed by atoms with E-state index in [4.69, 9.17) is 4.52 Å². The number of hydrogen-bond acceptors (Lipinski definition) is 4. The van der Waals surface area contributed by atoms with Gasteiger partial charge in [0.05, 0.1) is 17.5 Å². The Morgan fingerprint density at radius 2 is 2.13 bits per heavy atom. The summed E-state index contributed by atoms with van der Waals surface area (Å²) in [5.41, 5.74) is 2.06. The smallest absolute Gasteiger partial charge is 0.230 e. The molecule has 0 aliphatic rings. The number of benzene rings is 1. The van der Waals surface area contributed by atoms with Gasteiger partial charge in [-0.3, -0.25) is 4.79 Å². The van der Waals surface area contributed by atoms with Gasteiger partial charge in [-0.1, -0.05) is 11.2 Å². The highest BCUT2D eigenvalue weighted by Gasteiger charge is 2.15. The lowest BCUT2D eigenvalue weighted by Crippen LogP contribution is -2.28. The lowest BCUT2D eigenvalue weighted by Gasteiger charge is -2.15. The fourth-order valence-corrected chi connectivity index (χ4v) is 3.15. The van der Waals surface area contributed by atoms with Crippen molar-refractivity contribution in [2.75, 3.05) is 5.75 Å². The quantitative estimate of drug-likeness (QED) is 0.871. The molecule has 0 saturated carbocycles. The lowest BCUT2D eigenvalue weighted by atomic mass is 10.1. The van der Waals surface area contributed by atoms with E-state index in [-0.39, 0.29) is 17.2 Å². The van der Waals surface area contributed by atoms with Crippen LogP contribution in [0.15, 0.2) is 22.7 Å². The molecule has 2 rings (SSSR count). The van der Waals surface area contributed by atoms with Crippen LogP contribution in [0.1, 0.15) is 35.5 Å². The van der Waals surface area contributed by atoms with Gasteiger partial charge in [0.25, 0.3) is 0 Å². The average Bonchev–Trinajstić information content (AvgIpc) is 2.78. The van der Waals surface area contributed by atoms with Crippen LogP contribution in [-0.4, -0.2) is 16.8 Å². The minimum absolute atomic E-state index is 0.210. The molecule has 0 fully saturated rings. The third-order valence-electron chi connectivity index (χ3n) is 3.47. The number of aryl methyl sites for hydroxylation is 2. The molecule has 7 heteroatoms. The van der Waals surface area contributed by atoms with E-state index in [0.717, 1.165) is 23.1 Å². The van der Waals surface area contributed by atoms with E-state index in [0.29, 0.717) is 5.75 Å². The van der Waals surface area contributed by atoms with Gasteiger partial charge in [-0.25, -0.2) is 8.78 Å². The Kier molecular flexibility index (Phi) is 5.76. The van der Waals surface area contributed by atoms with Crippen LogP contribution < -0.4 is 5.32 Å². The number of amides is 1. The van der Waals surface area contributed by atoms with Crippen molar-refractivity contribution in [3.8, 4) is 0 Å². The van der Waals surface area contributed by atoms with Crippen LogP contribution in [0.5, 0.6) is 0 Å². The molecule has 1 unspecified atom stereocenters. The summed E-state index contributed by atoms with van der Waals surface area (Å²) in [7, 11) is 0. The number of halogens is 2. The van der Waals surface area contributed by atoms with Crippen LogP contribution in [0, 0.1) is 25.5 Å². The Labute approximate surface area is 137 Å².